The lowest BCUT2D eigenvalue weighted by atomic mass is 9.97. The summed E-state index contributed by atoms with van der Waals surface area (Å²) < 4.78 is 1.72. The van der Waals surface area contributed by atoms with Gasteiger partial charge in [0.15, 0.2) is 0 Å². The fourth-order valence-corrected chi connectivity index (χ4v) is 2.75. The summed E-state index contributed by atoms with van der Waals surface area (Å²) in [6.07, 6.45) is 8.40. The van der Waals surface area contributed by atoms with Gasteiger partial charge in [0, 0.05) is 43.5 Å². The van der Waals surface area contributed by atoms with E-state index < -0.39 is 0 Å². The number of aromatic amines is 1. The molecule has 0 radical (unpaired) electrons. The third-order valence-corrected chi connectivity index (χ3v) is 3.95. The Kier molecular flexibility index (Phi) is 4.85. The van der Waals surface area contributed by atoms with Crippen LogP contribution in [0.4, 0.5) is 0 Å². The quantitative estimate of drug-likeness (QED) is 0.722. The van der Waals surface area contributed by atoms with Crippen LogP contribution in [-0.4, -0.2) is 45.3 Å². The first-order valence-corrected chi connectivity index (χ1v) is 7.79. The Labute approximate surface area is 129 Å². The van der Waals surface area contributed by atoms with Crippen molar-refractivity contribution in [2.24, 2.45) is 0 Å². The average molecular weight is 302 g/mol. The second-order valence-corrected chi connectivity index (χ2v) is 5.66. The second kappa shape index (κ2) is 7.22. The van der Waals surface area contributed by atoms with E-state index in [0.717, 1.165) is 30.9 Å². The molecule has 1 aliphatic heterocycles. The summed E-state index contributed by atoms with van der Waals surface area (Å²) in [6.45, 7) is 2.94. The third kappa shape index (κ3) is 3.94. The highest BCUT2D eigenvalue weighted by atomic mass is 16.2. The van der Waals surface area contributed by atoms with Crippen LogP contribution in [0.3, 0.4) is 0 Å². The largest absolute Gasteiger partial charge is 0.354 e. The molecule has 1 aliphatic rings. The lowest BCUT2D eigenvalue weighted by molar-refractivity contribution is -0.121. The molecule has 0 spiro atoms. The van der Waals surface area contributed by atoms with Gasteiger partial charge in [0.05, 0.1) is 12.0 Å². The van der Waals surface area contributed by atoms with E-state index in [1.807, 2.05) is 12.3 Å². The number of rotatable bonds is 6. The molecule has 22 heavy (non-hydrogen) atoms. The van der Waals surface area contributed by atoms with Gasteiger partial charge >= 0.3 is 0 Å². The predicted octanol–water partition coefficient (Wildman–Crippen LogP) is 0.432. The average Bonchev–Trinajstić information content (AvgIpc) is 3.20. The number of imidazole rings is 1. The number of piperidine rings is 1. The fourth-order valence-electron chi connectivity index (χ4n) is 2.75. The van der Waals surface area contributed by atoms with Crippen LogP contribution in [0.1, 0.15) is 30.1 Å². The molecule has 7 nitrogen and oxygen atoms in total. The van der Waals surface area contributed by atoms with Gasteiger partial charge in [-0.25, -0.2) is 4.98 Å². The van der Waals surface area contributed by atoms with Crippen LogP contribution >= 0.6 is 0 Å². The number of H-pyrrole nitrogens is 1. The van der Waals surface area contributed by atoms with Gasteiger partial charge in [-0.3, -0.25) is 9.48 Å². The van der Waals surface area contributed by atoms with Crippen molar-refractivity contribution in [2.75, 3.05) is 19.6 Å². The smallest absolute Gasteiger partial charge is 0.241 e. The summed E-state index contributed by atoms with van der Waals surface area (Å²) in [4.78, 5) is 18.9. The first-order valence-electron chi connectivity index (χ1n) is 7.79. The predicted molar refractivity (Wildman–Crippen MR) is 82.4 cm³/mol. The van der Waals surface area contributed by atoms with E-state index in [1.54, 1.807) is 17.2 Å². The molecule has 2 aromatic heterocycles. The van der Waals surface area contributed by atoms with E-state index in [4.69, 9.17) is 0 Å². The zero-order valence-corrected chi connectivity index (χ0v) is 12.6. The van der Waals surface area contributed by atoms with Crippen molar-refractivity contribution in [3.8, 4) is 0 Å². The molecule has 0 bridgehead atoms. The summed E-state index contributed by atoms with van der Waals surface area (Å²) in [6, 6.07) is 2.02. The van der Waals surface area contributed by atoms with Gasteiger partial charge in [-0.05, 0) is 25.5 Å². The molecular weight excluding hydrogens is 280 g/mol. The zero-order chi connectivity index (χ0) is 15.2. The van der Waals surface area contributed by atoms with E-state index in [0.29, 0.717) is 12.5 Å². The minimum absolute atomic E-state index is 0.0177. The second-order valence-electron chi connectivity index (χ2n) is 5.66. The molecular formula is C15H22N6O. The summed E-state index contributed by atoms with van der Waals surface area (Å²) in [5.74, 6) is 0.453. The van der Waals surface area contributed by atoms with E-state index in [-0.39, 0.29) is 12.5 Å². The highest BCUT2D eigenvalue weighted by molar-refractivity contribution is 5.75. The SMILES string of the molecule is O=C(Cn1ccc([C@H]2CCCNC2)n1)NCCc1cnc[nH]1. The van der Waals surface area contributed by atoms with Crippen molar-refractivity contribution in [1.82, 2.24) is 30.4 Å². The molecule has 1 atom stereocenters. The van der Waals surface area contributed by atoms with Crippen LogP contribution in [0.25, 0.3) is 0 Å². The molecule has 3 heterocycles. The van der Waals surface area contributed by atoms with Gasteiger partial charge in [-0.1, -0.05) is 0 Å². The molecule has 2 aromatic rings. The van der Waals surface area contributed by atoms with Crippen LogP contribution in [-0.2, 0) is 17.8 Å². The minimum Gasteiger partial charge on any atom is -0.354 e. The molecule has 0 aliphatic carbocycles. The monoisotopic (exact) mass is 302 g/mol. The van der Waals surface area contributed by atoms with Crippen molar-refractivity contribution in [1.29, 1.82) is 0 Å². The van der Waals surface area contributed by atoms with Gasteiger partial charge in [0.25, 0.3) is 0 Å². The van der Waals surface area contributed by atoms with E-state index in [1.165, 1.54) is 12.8 Å². The lowest BCUT2D eigenvalue weighted by Gasteiger charge is -2.20. The van der Waals surface area contributed by atoms with Gasteiger partial charge < -0.3 is 15.6 Å². The summed E-state index contributed by atoms with van der Waals surface area (Å²) in [5.41, 5.74) is 2.10. The standard InChI is InChI=1S/C15H22N6O/c22-15(18-6-3-13-9-17-11-19-13)10-21-7-4-14(20-21)12-2-1-5-16-8-12/h4,7,9,11-12,16H,1-3,5-6,8,10H2,(H,17,19)(H,18,22)/t12-/m0/s1. The molecule has 0 unspecified atom stereocenters. The maximum Gasteiger partial charge on any atom is 0.241 e. The molecule has 118 valence electrons. The Balaban J connectivity index is 1.44. The van der Waals surface area contributed by atoms with Crippen molar-refractivity contribution < 1.29 is 4.79 Å². The van der Waals surface area contributed by atoms with Crippen LogP contribution in [0.5, 0.6) is 0 Å². The Hall–Kier alpha value is -2.15. The van der Waals surface area contributed by atoms with Crippen LogP contribution in [0.15, 0.2) is 24.8 Å². The summed E-state index contributed by atoms with van der Waals surface area (Å²) >= 11 is 0. The third-order valence-electron chi connectivity index (χ3n) is 3.95. The molecule has 1 amide bonds. The van der Waals surface area contributed by atoms with Gasteiger partial charge in [0.1, 0.15) is 6.54 Å². The first-order chi connectivity index (χ1) is 10.8. The maximum atomic E-state index is 11.9. The molecule has 7 heteroatoms. The minimum atomic E-state index is -0.0177. The molecule has 0 saturated carbocycles. The van der Waals surface area contributed by atoms with Gasteiger partial charge in [0.2, 0.25) is 5.91 Å². The Morgan fingerprint density at radius 3 is 3.23 bits per heavy atom. The van der Waals surface area contributed by atoms with Crippen LogP contribution in [0, 0.1) is 0 Å². The number of carbonyl (C=O) groups is 1. The number of nitrogens with one attached hydrogen (secondary N) is 3. The first kappa shape index (κ1) is 14.8. The number of nitrogens with zero attached hydrogens (tertiary/aromatic N) is 3. The molecule has 1 saturated heterocycles. The van der Waals surface area contributed by atoms with E-state index >= 15 is 0 Å². The Morgan fingerprint density at radius 2 is 2.45 bits per heavy atom. The molecule has 3 N–H and O–H groups in total. The van der Waals surface area contributed by atoms with Gasteiger partial charge in [-0.2, -0.15) is 5.10 Å². The van der Waals surface area contributed by atoms with Crippen molar-refractivity contribution in [3.05, 3.63) is 36.2 Å². The molecule has 3 rings (SSSR count). The summed E-state index contributed by atoms with van der Waals surface area (Å²) in [7, 11) is 0. The highest BCUT2D eigenvalue weighted by Crippen LogP contribution is 2.21. The van der Waals surface area contributed by atoms with Crippen molar-refractivity contribution in [3.63, 3.8) is 0 Å². The van der Waals surface area contributed by atoms with Crippen LogP contribution in [0.2, 0.25) is 0 Å². The molecule has 0 aromatic carbocycles. The highest BCUT2D eigenvalue weighted by Gasteiger charge is 2.17. The number of aromatic nitrogens is 4. The number of hydrogen-bond acceptors (Lipinski definition) is 4. The van der Waals surface area contributed by atoms with E-state index in [2.05, 4.69) is 25.7 Å². The fraction of sp³-hybridized carbons (Fsp3) is 0.533. The Morgan fingerprint density at radius 1 is 1.50 bits per heavy atom. The number of carbonyl (C=O) groups excluding carboxylic acids is 1. The topological polar surface area (TPSA) is 87.6 Å². The van der Waals surface area contributed by atoms with Gasteiger partial charge in [-0.15, -0.1) is 0 Å². The maximum absolute atomic E-state index is 11.9. The van der Waals surface area contributed by atoms with E-state index in [9.17, 15) is 4.79 Å². The Bertz CT molecular complexity index is 585. The summed E-state index contributed by atoms with van der Waals surface area (Å²) in [5, 5.41) is 10.8. The zero-order valence-electron chi connectivity index (χ0n) is 12.6. The normalized spacial score (nSPS) is 18.3. The van der Waals surface area contributed by atoms with Crippen molar-refractivity contribution >= 4 is 5.91 Å². The number of hydrogen-bond donors (Lipinski definition) is 3. The van der Waals surface area contributed by atoms with Crippen molar-refractivity contribution in [2.45, 2.75) is 31.7 Å². The number of amides is 1. The lowest BCUT2D eigenvalue weighted by Crippen LogP contribution is -2.30. The molecule has 1 fully saturated rings. The van der Waals surface area contributed by atoms with Crippen LogP contribution < -0.4 is 10.6 Å².